The number of nitrogens with one attached hydrogen (secondary N) is 1. The molecule has 7 heteroatoms. The summed E-state index contributed by atoms with van der Waals surface area (Å²) in [6.45, 7) is 0.0971. The molecule has 0 bridgehead atoms. The van der Waals surface area contributed by atoms with Gasteiger partial charge in [0.15, 0.2) is 11.5 Å². The number of benzene rings is 3. The fourth-order valence-corrected chi connectivity index (χ4v) is 4.25. The normalized spacial score (nSPS) is 13.2. The van der Waals surface area contributed by atoms with Crippen LogP contribution in [0.4, 0.5) is 5.82 Å². The van der Waals surface area contributed by atoms with Gasteiger partial charge in [-0.15, -0.1) is 0 Å². The maximum atomic E-state index is 10.1. The summed E-state index contributed by atoms with van der Waals surface area (Å²) in [4.78, 5) is 8.95. The summed E-state index contributed by atoms with van der Waals surface area (Å²) >= 11 is 0. The highest BCUT2D eigenvalue weighted by molar-refractivity contribution is 6.06. The number of anilines is 1. The van der Waals surface area contributed by atoms with E-state index in [4.69, 9.17) is 13.9 Å². The number of aliphatic hydroxyl groups excluding tert-OH is 1. The van der Waals surface area contributed by atoms with Gasteiger partial charge in [0.1, 0.15) is 17.9 Å². The molecule has 1 atom stereocenters. The molecule has 7 nitrogen and oxygen atoms in total. The SMILES string of the molecule is OC[C@@H](Nc1ncnc2oc(-c3ccccc3)c(-c3ccc4c(c3)OCO4)c12)c1ccccc1. The van der Waals surface area contributed by atoms with Crippen LogP contribution in [0.25, 0.3) is 33.6 Å². The average molecular weight is 451 g/mol. The Labute approximate surface area is 195 Å². The molecule has 0 unspecified atom stereocenters. The van der Waals surface area contributed by atoms with Crippen LogP contribution < -0.4 is 14.8 Å². The molecule has 0 spiro atoms. The van der Waals surface area contributed by atoms with Gasteiger partial charge in [-0.1, -0.05) is 66.7 Å². The fraction of sp³-hybridized carbons (Fsp3) is 0.111. The van der Waals surface area contributed by atoms with Gasteiger partial charge in [0.2, 0.25) is 12.5 Å². The van der Waals surface area contributed by atoms with E-state index in [9.17, 15) is 5.11 Å². The number of nitrogens with zero attached hydrogens (tertiary/aromatic N) is 2. The number of fused-ring (bicyclic) bond motifs is 2. The van der Waals surface area contributed by atoms with E-state index in [2.05, 4.69) is 15.3 Å². The second-order valence-corrected chi connectivity index (χ2v) is 7.93. The monoisotopic (exact) mass is 451 g/mol. The number of ether oxygens (including phenoxy) is 2. The van der Waals surface area contributed by atoms with Crippen molar-refractivity contribution in [1.29, 1.82) is 0 Å². The smallest absolute Gasteiger partial charge is 0.232 e. The number of aliphatic hydroxyl groups is 1. The van der Waals surface area contributed by atoms with Crippen molar-refractivity contribution in [2.24, 2.45) is 0 Å². The summed E-state index contributed by atoms with van der Waals surface area (Å²) in [7, 11) is 0. The van der Waals surface area contributed by atoms with Crippen molar-refractivity contribution in [2.45, 2.75) is 6.04 Å². The zero-order valence-corrected chi connectivity index (χ0v) is 18.1. The largest absolute Gasteiger partial charge is 0.454 e. The predicted octanol–water partition coefficient (Wildman–Crippen LogP) is 5.43. The van der Waals surface area contributed by atoms with E-state index in [1.165, 1.54) is 6.33 Å². The summed E-state index contributed by atoms with van der Waals surface area (Å²) in [5.41, 5.74) is 4.05. The summed E-state index contributed by atoms with van der Waals surface area (Å²) in [6.07, 6.45) is 1.46. The third-order valence-corrected chi connectivity index (χ3v) is 5.88. The zero-order chi connectivity index (χ0) is 22.9. The minimum Gasteiger partial charge on any atom is -0.454 e. The molecule has 5 aromatic rings. The fourth-order valence-electron chi connectivity index (χ4n) is 4.25. The van der Waals surface area contributed by atoms with E-state index in [0.717, 1.165) is 27.6 Å². The van der Waals surface area contributed by atoms with Crippen molar-refractivity contribution in [1.82, 2.24) is 9.97 Å². The highest BCUT2D eigenvalue weighted by atomic mass is 16.7. The lowest BCUT2D eigenvalue weighted by molar-refractivity contribution is 0.174. The summed E-state index contributed by atoms with van der Waals surface area (Å²) in [6, 6.07) is 25.1. The van der Waals surface area contributed by atoms with Crippen molar-refractivity contribution in [2.75, 3.05) is 18.7 Å². The molecule has 1 aliphatic heterocycles. The highest BCUT2D eigenvalue weighted by Gasteiger charge is 2.25. The van der Waals surface area contributed by atoms with E-state index < -0.39 is 0 Å². The Hall–Kier alpha value is -4.36. The lowest BCUT2D eigenvalue weighted by Gasteiger charge is -2.18. The Morgan fingerprint density at radius 1 is 0.853 bits per heavy atom. The summed E-state index contributed by atoms with van der Waals surface area (Å²) in [5, 5.41) is 14.3. The first kappa shape index (κ1) is 20.3. The lowest BCUT2D eigenvalue weighted by atomic mass is 9.98. The molecular formula is C27H21N3O4. The van der Waals surface area contributed by atoms with Crippen LogP contribution in [0, 0.1) is 0 Å². The van der Waals surface area contributed by atoms with Crippen molar-refractivity contribution in [3.8, 4) is 33.9 Å². The Kier molecular flexibility index (Phi) is 5.08. The van der Waals surface area contributed by atoms with Gasteiger partial charge in [0.05, 0.1) is 18.0 Å². The molecule has 0 radical (unpaired) electrons. The van der Waals surface area contributed by atoms with Crippen LogP contribution in [0.1, 0.15) is 11.6 Å². The molecule has 2 aromatic heterocycles. The molecule has 1 aliphatic rings. The van der Waals surface area contributed by atoms with Gasteiger partial charge in [0, 0.05) is 11.1 Å². The van der Waals surface area contributed by atoms with Crippen LogP contribution in [-0.4, -0.2) is 28.5 Å². The molecule has 0 fully saturated rings. The zero-order valence-electron chi connectivity index (χ0n) is 18.1. The van der Waals surface area contributed by atoms with E-state index in [1.54, 1.807) is 0 Å². The summed E-state index contributed by atoms with van der Waals surface area (Å²) in [5.74, 6) is 2.64. The van der Waals surface area contributed by atoms with Gasteiger partial charge in [0.25, 0.3) is 0 Å². The molecule has 168 valence electrons. The first-order valence-electron chi connectivity index (χ1n) is 11.0. The van der Waals surface area contributed by atoms with Crippen LogP contribution >= 0.6 is 0 Å². The average Bonchev–Trinajstić information content (AvgIpc) is 3.53. The molecule has 0 saturated carbocycles. The van der Waals surface area contributed by atoms with E-state index in [0.29, 0.717) is 28.8 Å². The van der Waals surface area contributed by atoms with Crippen LogP contribution in [0.2, 0.25) is 0 Å². The Morgan fingerprint density at radius 2 is 1.62 bits per heavy atom. The van der Waals surface area contributed by atoms with E-state index >= 15 is 0 Å². The van der Waals surface area contributed by atoms with Crippen molar-refractivity contribution in [3.05, 3.63) is 90.8 Å². The molecule has 0 saturated heterocycles. The van der Waals surface area contributed by atoms with Gasteiger partial charge in [-0.25, -0.2) is 9.97 Å². The van der Waals surface area contributed by atoms with Crippen LogP contribution in [-0.2, 0) is 0 Å². The van der Waals surface area contributed by atoms with Crippen LogP contribution in [0.15, 0.2) is 89.6 Å². The number of furan rings is 1. The molecule has 34 heavy (non-hydrogen) atoms. The highest BCUT2D eigenvalue weighted by Crippen LogP contribution is 2.45. The van der Waals surface area contributed by atoms with Gasteiger partial charge in [-0.3, -0.25) is 0 Å². The minimum atomic E-state index is -0.348. The quantitative estimate of drug-likeness (QED) is 0.356. The van der Waals surface area contributed by atoms with Crippen LogP contribution in [0.3, 0.4) is 0 Å². The maximum Gasteiger partial charge on any atom is 0.232 e. The Morgan fingerprint density at radius 3 is 2.41 bits per heavy atom. The topological polar surface area (TPSA) is 89.6 Å². The van der Waals surface area contributed by atoms with Gasteiger partial charge < -0.3 is 24.3 Å². The van der Waals surface area contributed by atoms with Gasteiger partial charge in [-0.05, 0) is 23.3 Å². The third kappa shape index (κ3) is 3.52. The standard InChI is InChI=1S/C27H21N3O4/c31-14-20(17-7-3-1-4-8-17)30-26-24-23(19-11-12-21-22(13-19)33-16-32-21)25(18-9-5-2-6-10-18)34-27(24)29-15-28-26/h1-13,15,20,31H,14,16H2,(H,28,29,30)/t20-/m1/s1. The van der Waals surface area contributed by atoms with Gasteiger partial charge in [-0.2, -0.15) is 0 Å². The molecular weight excluding hydrogens is 430 g/mol. The number of aromatic nitrogens is 2. The second kappa shape index (κ2) is 8.53. The minimum absolute atomic E-state index is 0.0989. The van der Waals surface area contributed by atoms with Gasteiger partial charge >= 0.3 is 0 Å². The number of hydrogen-bond acceptors (Lipinski definition) is 7. The van der Waals surface area contributed by atoms with Crippen molar-refractivity contribution < 1.29 is 19.0 Å². The van der Waals surface area contributed by atoms with Crippen molar-refractivity contribution in [3.63, 3.8) is 0 Å². The molecule has 0 amide bonds. The molecule has 6 rings (SSSR count). The van der Waals surface area contributed by atoms with E-state index in [-0.39, 0.29) is 19.4 Å². The first-order valence-corrected chi connectivity index (χ1v) is 11.0. The van der Waals surface area contributed by atoms with Crippen LogP contribution in [0.5, 0.6) is 11.5 Å². The molecule has 0 aliphatic carbocycles. The first-order chi connectivity index (χ1) is 16.8. The molecule has 3 aromatic carbocycles. The Balaban J connectivity index is 1.56. The predicted molar refractivity (Wildman–Crippen MR) is 129 cm³/mol. The number of hydrogen-bond donors (Lipinski definition) is 2. The second-order valence-electron chi connectivity index (χ2n) is 7.93. The van der Waals surface area contributed by atoms with Crippen molar-refractivity contribution >= 4 is 16.9 Å². The summed E-state index contributed by atoms with van der Waals surface area (Å²) < 4.78 is 17.4. The molecule has 3 heterocycles. The van der Waals surface area contributed by atoms with E-state index in [1.807, 2.05) is 78.9 Å². The Bertz CT molecular complexity index is 1450. The molecule has 2 N–H and O–H groups in total. The number of rotatable bonds is 6. The lowest BCUT2D eigenvalue weighted by Crippen LogP contribution is -2.15. The maximum absolute atomic E-state index is 10.1. The third-order valence-electron chi connectivity index (χ3n) is 5.88.